The fourth-order valence-corrected chi connectivity index (χ4v) is 1.93. The van der Waals surface area contributed by atoms with Crippen molar-refractivity contribution < 1.29 is 9.90 Å². The van der Waals surface area contributed by atoms with Crippen LogP contribution in [0.1, 0.15) is 33.3 Å². The summed E-state index contributed by atoms with van der Waals surface area (Å²) in [5.41, 5.74) is 3.33. The zero-order valence-corrected chi connectivity index (χ0v) is 8.53. The van der Waals surface area contributed by atoms with Gasteiger partial charge in [-0.05, 0) is 25.0 Å². The first kappa shape index (κ1) is 9.21. The molecule has 3 nitrogen and oxygen atoms in total. The Hall–Kier alpha value is -1.35. The highest BCUT2D eigenvalue weighted by atomic mass is 16.3. The van der Waals surface area contributed by atoms with E-state index in [1.807, 2.05) is 26.0 Å². The van der Waals surface area contributed by atoms with E-state index in [0.29, 0.717) is 5.56 Å². The first-order chi connectivity index (χ1) is 6.54. The zero-order chi connectivity index (χ0) is 10.5. The van der Waals surface area contributed by atoms with Crippen LogP contribution in [0.15, 0.2) is 12.1 Å². The number of rotatable bonds is 0. The highest BCUT2D eigenvalue weighted by Gasteiger charge is 2.34. The van der Waals surface area contributed by atoms with Crippen molar-refractivity contribution in [3.05, 3.63) is 34.4 Å². The van der Waals surface area contributed by atoms with Crippen molar-refractivity contribution in [2.75, 3.05) is 7.05 Å². The first-order valence-corrected chi connectivity index (χ1v) is 4.59. The number of aryl methyl sites for hydroxylation is 2. The van der Waals surface area contributed by atoms with Crippen LogP contribution in [0.2, 0.25) is 0 Å². The van der Waals surface area contributed by atoms with Crippen LogP contribution in [0.5, 0.6) is 0 Å². The van der Waals surface area contributed by atoms with E-state index in [1.165, 1.54) is 4.90 Å². The molecule has 1 aliphatic heterocycles. The number of hydrogen-bond donors (Lipinski definition) is 1. The maximum atomic E-state index is 11.7. The lowest BCUT2D eigenvalue weighted by Crippen LogP contribution is -2.22. The summed E-state index contributed by atoms with van der Waals surface area (Å²) in [7, 11) is 1.62. The SMILES string of the molecule is Cc1ccc(C)c2c1C(=O)N(C)[C@H]2O. The van der Waals surface area contributed by atoms with Crippen molar-refractivity contribution >= 4 is 5.91 Å². The largest absolute Gasteiger partial charge is 0.369 e. The second-order valence-corrected chi connectivity index (χ2v) is 3.78. The molecule has 1 aromatic rings. The van der Waals surface area contributed by atoms with Gasteiger partial charge in [0, 0.05) is 12.6 Å². The Labute approximate surface area is 83.0 Å². The summed E-state index contributed by atoms with van der Waals surface area (Å²) in [6.45, 7) is 3.80. The highest BCUT2D eigenvalue weighted by Crippen LogP contribution is 2.34. The molecule has 0 aliphatic carbocycles. The average molecular weight is 191 g/mol. The van der Waals surface area contributed by atoms with Gasteiger partial charge >= 0.3 is 0 Å². The van der Waals surface area contributed by atoms with Gasteiger partial charge < -0.3 is 10.0 Å². The molecule has 1 atom stereocenters. The van der Waals surface area contributed by atoms with Gasteiger partial charge in [0.15, 0.2) is 6.23 Å². The zero-order valence-electron chi connectivity index (χ0n) is 8.53. The minimum absolute atomic E-state index is 0.0892. The van der Waals surface area contributed by atoms with Gasteiger partial charge in [-0.2, -0.15) is 0 Å². The van der Waals surface area contributed by atoms with Gasteiger partial charge in [-0.3, -0.25) is 4.79 Å². The maximum absolute atomic E-state index is 11.7. The minimum atomic E-state index is -0.780. The van der Waals surface area contributed by atoms with Gasteiger partial charge in [0.1, 0.15) is 0 Å². The predicted molar refractivity (Wildman–Crippen MR) is 53.0 cm³/mol. The van der Waals surface area contributed by atoms with Crippen molar-refractivity contribution in [3.63, 3.8) is 0 Å². The molecule has 0 saturated carbocycles. The standard InChI is InChI=1S/C11H13NO2/c1-6-4-5-7(2)9-8(6)10(13)12(3)11(9)14/h4-5,10,13H,1-3H3/t10-/m0/s1. The summed E-state index contributed by atoms with van der Waals surface area (Å²) < 4.78 is 0. The summed E-state index contributed by atoms with van der Waals surface area (Å²) in [4.78, 5) is 13.1. The number of hydrogen-bond acceptors (Lipinski definition) is 2. The number of amides is 1. The number of carbonyl (C=O) groups excluding carboxylic acids is 1. The molecule has 0 bridgehead atoms. The van der Waals surface area contributed by atoms with Crippen molar-refractivity contribution in [3.8, 4) is 0 Å². The molecule has 0 spiro atoms. The lowest BCUT2D eigenvalue weighted by molar-refractivity contribution is 0.0299. The third-order valence-corrected chi connectivity index (χ3v) is 2.83. The van der Waals surface area contributed by atoms with Gasteiger partial charge in [0.05, 0.1) is 5.56 Å². The minimum Gasteiger partial charge on any atom is -0.369 e. The second kappa shape index (κ2) is 2.82. The van der Waals surface area contributed by atoms with Crippen LogP contribution in [0, 0.1) is 13.8 Å². The van der Waals surface area contributed by atoms with Crippen LogP contribution in [-0.4, -0.2) is 23.0 Å². The monoisotopic (exact) mass is 191 g/mol. The van der Waals surface area contributed by atoms with Gasteiger partial charge in [-0.1, -0.05) is 12.1 Å². The van der Waals surface area contributed by atoms with Gasteiger partial charge in [0.2, 0.25) is 0 Å². The molecule has 74 valence electrons. The Bertz CT molecular complexity index is 412. The number of nitrogens with zero attached hydrogens (tertiary/aromatic N) is 1. The molecule has 1 heterocycles. The lowest BCUT2D eigenvalue weighted by atomic mass is 9.99. The van der Waals surface area contributed by atoms with Crippen molar-refractivity contribution in [2.45, 2.75) is 20.1 Å². The molecule has 0 radical (unpaired) electrons. The molecule has 2 rings (SSSR count). The third kappa shape index (κ3) is 0.990. The van der Waals surface area contributed by atoms with Crippen molar-refractivity contribution in [2.24, 2.45) is 0 Å². The molecule has 0 aromatic heterocycles. The van der Waals surface area contributed by atoms with Crippen LogP contribution >= 0.6 is 0 Å². The molecule has 1 N–H and O–H groups in total. The molecular weight excluding hydrogens is 178 g/mol. The molecular formula is C11H13NO2. The molecule has 1 aromatic carbocycles. The Morgan fingerprint density at radius 1 is 1.29 bits per heavy atom. The molecule has 3 heteroatoms. The third-order valence-electron chi connectivity index (χ3n) is 2.83. The van der Waals surface area contributed by atoms with E-state index in [0.717, 1.165) is 16.7 Å². The Morgan fingerprint density at radius 3 is 2.43 bits per heavy atom. The normalized spacial score (nSPS) is 20.1. The number of aliphatic hydroxyl groups is 1. The number of benzene rings is 1. The van der Waals surface area contributed by atoms with E-state index in [9.17, 15) is 9.90 Å². The van der Waals surface area contributed by atoms with E-state index in [2.05, 4.69) is 0 Å². The number of aliphatic hydroxyl groups excluding tert-OH is 1. The van der Waals surface area contributed by atoms with Crippen LogP contribution in [0.25, 0.3) is 0 Å². The van der Waals surface area contributed by atoms with E-state index >= 15 is 0 Å². The Morgan fingerprint density at radius 2 is 1.86 bits per heavy atom. The van der Waals surface area contributed by atoms with Crippen molar-refractivity contribution in [1.82, 2.24) is 4.90 Å². The molecule has 0 saturated heterocycles. The van der Waals surface area contributed by atoms with Gasteiger partial charge in [-0.15, -0.1) is 0 Å². The van der Waals surface area contributed by atoms with E-state index in [4.69, 9.17) is 0 Å². The molecule has 1 aliphatic rings. The summed E-state index contributed by atoms with van der Waals surface area (Å²) in [5, 5.41) is 9.83. The van der Waals surface area contributed by atoms with Crippen molar-refractivity contribution in [1.29, 1.82) is 0 Å². The maximum Gasteiger partial charge on any atom is 0.256 e. The fraction of sp³-hybridized carbons (Fsp3) is 0.364. The second-order valence-electron chi connectivity index (χ2n) is 3.78. The summed E-state index contributed by atoms with van der Waals surface area (Å²) >= 11 is 0. The Balaban J connectivity index is 2.74. The fourth-order valence-electron chi connectivity index (χ4n) is 1.93. The molecule has 0 unspecified atom stereocenters. The molecule has 0 fully saturated rings. The highest BCUT2D eigenvalue weighted by molar-refractivity contribution is 6.00. The predicted octanol–water partition coefficient (Wildman–Crippen LogP) is 1.38. The molecule has 1 amide bonds. The van der Waals surface area contributed by atoms with Crippen LogP contribution in [0.4, 0.5) is 0 Å². The summed E-state index contributed by atoms with van der Waals surface area (Å²) in [6, 6.07) is 3.85. The average Bonchev–Trinajstić information content (AvgIpc) is 2.38. The molecule has 14 heavy (non-hydrogen) atoms. The van der Waals surface area contributed by atoms with E-state index in [1.54, 1.807) is 7.05 Å². The van der Waals surface area contributed by atoms with E-state index in [-0.39, 0.29) is 5.91 Å². The lowest BCUT2D eigenvalue weighted by Gasteiger charge is -2.14. The summed E-state index contributed by atoms with van der Waals surface area (Å²) in [6.07, 6.45) is -0.780. The smallest absolute Gasteiger partial charge is 0.256 e. The topological polar surface area (TPSA) is 40.5 Å². The van der Waals surface area contributed by atoms with Gasteiger partial charge in [-0.25, -0.2) is 0 Å². The van der Waals surface area contributed by atoms with Crippen LogP contribution < -0.4 is 0 Å². The Kier molecular flexibility index (Phi) is 1.86. The van der Waals surface area contributed by atoms with E-state index < -0.39 is 6.23 Å². The van der Waals surface area contributed by atoms with Crippen LogP contribution in [0.3, 0.4) is 0 Å². The van der Waals surface area contributed by atoms with Crippen LogP contribution in [-0.2, 0) is 0 Å². The number of carbonyl (C=O) groups is 1. The first-order valence-electron chi connectivity index (χ1n) is 4.59. The quantitative estimate of drug-likeness (QED) is 0.673. The van der Waals surface area contributed by atoms with Gasteiger partial charge in [0.25, 0.3) is 5.91 Å². The number of fused-ring (bicyclic) bond motifs is 1. The summed E-state index contributed by atoms with van der Waals surface area (Å²) in [5.74, 6) is -0.0892.